The number of azide groups is 1. The Kier molecular flexibility index (Phi) is 8.30. The zero-order valence-corrected chi connectivity index (χ0v) is 24.1. The quantitative estimate of drug-likeness (QED) is 0.105. The minimum Gasteiger partial charge on any atom is -0.460 e. The van der Waals surface area contributed by atoms with Crippen molar-refractivity contribution in [2.45, 2.75) is 87.3 Å². The number of benzene rings is 2. The van der Waals surface area contributed by atoms with Crippen LogP contribution in [-0.2, 0) is 14.0 Å². The largest absolute Gasteiger partial charge is 0.460 e. The monoisotopic (exact) mass is 524 g/mol. The van der Waals surface area contributed by atoms with Crippen LogP contribution in [0.1, 0.15) is 53.2 Å². The minimum atomic E-state index is -2.44. The summed E-state index contributed by atoms with van der Waals surface area (Å²) in [6.07, 6.45) is -0.834. The fraction of sp³-hybridized carbons (Fsp3) is 0.444. The maximum atomic E-state index is 13.5. The van der Waals surface area contributed by atoms with Crippen molar-refractivity contribution >= 4 is 37.0 Å². The van der Waals surface area contributed by atoms with Gasteiger partial charge in [0.05, 0.1) is 11.1 Å². The normalized spacial score (nSPS) is 14.2. The van der Waals surface area contributed by atoms with E-state index in [4.69, 9.17) is 9.16 Å². The summed E-state index contributed by atoms with van der Waals surface area (Å²) in [7, 11) is -2.44. The lowest BCUT2D eigenvalue weighted by atomic mass is 10.0. The summed E-state index contributed by atoms with van der Waals surface area (Å²) < 4.78 is 12.6. The number of esters is 1. The van der Waals surface area contributed by atoms with E-state index in [0.717, 1.165) is 26.4 Å². The molecule has 0 fully saturated rings. The third-order valence-electron chi connectivity index (χ3n) is 6.30. The summed E-state index contributed by atoms with van der Waals surface area (Å²) in [4.78, 5) is 21.1. The molecule has 1 aromatic heterocycles. The van der Waals surface area contributed by atoms with Gasteiger partial charge in [-0.05, 0) is 62.6 Å². The average Bonchev–Trinajstić information content (AvgIpc) is 3.12. The molecule has 0 aliphatic rings. The summed E-state index contributed by atoms with van der Waals surface area (Å²) in [6.45, 7) is 16.1. The number of carbonyl (C=O) groups excluding carboxylic acids is 1. The number of H-pyrrole nitrogens is 1. The lowest BCUT2D eigenvalue weighted by Gasteiger charge is -2.40. The molecule has 0 spiro atoms. The SMILES string of the molecule is CC(C)(C)OC(=O)[C@@H](N=[N+]=[N-])[C@@H](O[Si](C)(C)C(C)(C)C)c1c(Sc2ccccc2)[nH]c2ccccc12. The van der Waals surface area contributed by atoms with Crippen molar-refractivity contribution in [3.05, 3.63) is 70.6 Å². The Bertz CT molecular complexity index is 1260. The highest BCUT2D eigenvalue weighted by atomic mass is 32.2. The number of nitrogens with one attached hydrogen (secondary N) is 1. The van der Waals surface area contributed by atoms with Gasteiger partial charge in [-0.1, -0.05) is 74.0 Å². The summed E-state index contributed by atoms with van der Waals surface area (Å²) >= 11 is 1.56. The van der Waals surface area contributed by atoms with Gasteiger partial charge in [-0.2, -0.15) is 0 Å². The second-order valence-corrected chi connectivity index (χ2v) is 17.2. The average molecular weight is 525 g/mol. The van der Waals surface area contributed by atoms with Crippen LogP contribution < -0.4 is 0 Å². The molecule has 0 saturated carbocycles. The molecule has 2 atom stereocenters. The molecule has 1 heterocycles. The van der Waals surface area contributed by atoms with Crippen molar-refractivity contribution in [3.8, 4) is 0 Å². The van der Waals surface area contributed by atoms with Crippen LogP contribution >= 0.6 is 11.8 Å². The first kappa shape index (κ1) is 27.9. The van der Waals surface area contributed by atoms with E-state index >= 15 is 0 Å². The lowest BCUT2D eigenvalue weighted by molar-refractivity contribution is -0.159. The second-order valence-electron chi connectivity index (χ2n) is 11.3. The van der Waals surface area contributed by atoms with Gasteiger partial charge < -0.3 is 14.1 Å². The van der Waals surface area contributed by atoms with Crippen molar-refractivity contribution < 1.29 is 14.0 Å². The fourth-order valence-electron chi connectivity index (χ4n) is 3.53. The van der Waals surface area contributed by atoms with Crippen LogP contribution in [0.4, 0.5) is 0 Å². The van der Waals surface area contributed by atoms with Crippen molar-refractivity contribution in [2.24, 2.45) is 5.11 Å². The van der Waals surface area contributed by atoms with Crippen LogP contribution in [-0.4, -0.2) is 30.9 Å². The maximum Gasteiger partial charge on any atom is 0.318 e. The molecular weight excluding hydrogens is 488 g/mol. The van der Waals surface area contributed by atoms with Gasteiger partial charge in [-0.3, -0.25) is 4.79 Å². The third kappa shape index (κ3) is 6.53. The molecule has 0 unspecified atom stereocenters. The molecule has 0 saturated heterocycles. The third-order valence-corrected chi connectivity index (χ3v) is 11.8. The molecule has 9 heteroatoms. The predicted octanol–water partition coefficient (Wildman–Crippen LogP) is 8.40. The number of aromatic amines is 1. The molecule has 2 aromatic carbocycles. The molecule has 0 bridgehead atoms. The van der Waals surface area contributed by atoms with E-state index in [-0.39, 0.29) is 5.04 Å². The number of hydrogen-bond donors (Lipinski definition) is 1. The fourth-order valence-corrected chi connectivity index (χ4v) is 5.79. The number of hydrogen-bond acceptors (Lipinski definition) is 5. The molecule has 0 aliphatic carbocycles. The van der Waals surface area contributed by atoms with Crippen LogP contribution in [0.25, 0.3) is 21.3 Å². The van der Waals surface area contributed by atoms with Crippen molar-refractivity contribution in [2.75, 3.05) is 0 Å². The van der Waals surface area contributed by atoms with Crippen molar-refractivity contribution in [1.29, 1.82) is 0 Å². The lowest BCUT2D eigenvalue weighted by Crippen LogP contribution is -2.45. The Morgan fingerprint density at radius 2 is 1.64 bits per heavy atom. The first-order chi connectivity index (χ1) is 16.7. The number of fused-ring (bicyclic) bond motifs is 1. The predicted molar refractivity (Wildman–Crippen MR) is 149 cm³/mol. The Balaban J connectivity index is 2.26. The number of para-hydroxylation sites is 1. The van der Waals surface area contributed by atoms with Gasteiger partial charge in [0.25, 0.3) is 0 Å². The Morgan fingerprint density at radius 1 is 1.03 bits per heavy atom. The molecule has 0 aliphatic heterocycles. The van der Waals surface area contributed by atoms with E-state index in [1.807, 2.05) is 54.6 Å². The van der Waals surface area contributed by atoms with Gasteiger partial charge in [0.15, 0.2) is 14.4 Å². The summed E-state index contributed by atoms with van der Waals surface area (Å²) in [5.41, 5.74) is 10.5. The van der Waals surface area contributed by atoms with Crippen molar-refractivity contribution in [1.82, 2.24) is 4.98 Å². The zero-order valence-electron chi connectivity index (χ0n) is 22.3. The van der Waals surface area contributed by atoms with Gasteiger partial charge >= 0.3 is 5.97 Å². The van der Waals surface area contributed by atoms with Gasteiger partial charge in [0.2, 0.25) is 0 Å². The van der Waals surface area contributed by atoms with E-state index in [0.29, 0.717) is 0 Å². The molecule has 0 amide bonds. The number of aromatic nitrogens is 1. The minimum absolute atomic E-state index is 0.140. The van der Waals surface area contributed by atoms with Crippen LogP contribution in [0.15, 0.2) is 69.6 Å². The Morgan fingerprint density at radius 3 is 2.22 bits per heavy atom. The van der Waals surface area contributed by atoms with Gasteiger partial charge in [0, 0.05) is 26.3 Å². The summed E-state index contributed by atoms with van der Waals surface area (Å²) in [5, 5.41) is 5.58. The second kappa shape index (κ2) is 10.7. The van der Waals surface area contributed by atoms with E-state index < -0.39 is 32.0 Å². The highest BCUT2D eigenvalue weighted by Gasteiger charge is 2.45. The van der Waals surface area contributed by atoms with E-state index in [9.17, 15) is 10.3 Å². The van der Waals surface area contributed by atoms with Gasteiger partial charge in [-0.15, -0.1) is 0 Å². The van der Waals surface area contributed by atoms with Gasteiger partial charge in [0.1, 0.15) is 5.60 Å². The standard InChI is InChI=1S/C27H36N4O3SSi/c1-26(2,3)33-25(32)22(30-31-28)23(34-36(7,8)27(4,5)6)21-19-16-12-13-17-20(19)29-24(21)35-18-14-10-9-11-15-18/h9-17,22-23,29H,1-8H3/t22-,23-/m0/s1. The van der Waals surface area contributed by atoms with Crippen LogP contribution in [0.3, 0.4) is 0 Å². The van der Waals surface area contributed by atoms with Crippen LogP contribution in [0, 0.1) is 0 Å². The smallest absolute Gasteiger partial charge is 0.318 e. The highest BCUT2D eigenvalue weighted by molar-refractivity contribution is 7.99. The molecule has 1 N–H and O–H groups in total. The number of carbonyl (C=O) groups is 1. The van der Waals surface area contributed by atoms with E-state index in [1.165, 1.54) is 0 Å². The molecule has 7 nitrogen and oxygen atoms in total. The topological polar surface area (TPSA) is 100 Å². The zero-order chi connectivity index (χ0) is 26.7. The van der Waals surface area contributed by atoms with E-state index in [1.54, 1.807) is 32.5 Å². The summed E-state index contributed by atoms with van der Waals surface area (Å²) in [6, 6.07) is 16.7. The Hall–Kier alpha value is -2.71. The summed E-state index contributed by atoms with van der Waals surface area (Å²) in [5.74, 6) is -0.607. The number of ether oxygens (including phenoxy) is 1. The van der Waals surface area contributed by atoms with Crippen LogP contribution in [0.5, 0.6) is 0 Å². The molecule has 0 radical (unpaired) electrons. The maximum absolute atomic E-state index is 13.5. The molecule has 192 valence electrons. The first-order valence-corrected chi connectivity index (χ1v) is 15.7. The van der Waals surface area contributed by atoms with Crippen molar-refractivity contribution in [3.63, 3.8) is 0 Å². The molecular formula is C27H36N4O3SSi. The molecule has 36 heavy (non-hydrogen) atoms. The highest BCUT2D eigenvalue weighted by Crippen LogP contribution is 2.46. The molecule has 3 aromatic rings. The van der Waals surface area contributed by atoms with Gasteiger partial charge in [-0.25, -0.2) is 0 Å². The number of nitrogens with zero attached hydrogens (tertiary/aromatic N) is 3. The first-order valence-electron chi connectivity index (χ1n) is 12.0. The molecule has 3 rings (SSSR count). The van der Waals surface area contributed by atoms with Crippen LogP contribution in [0.2, 0.25) is 18.1 Å². The number of rotatable bonds is 8. The Labute approximate surface area is 218 Å². The van der Waals surface area contributed by atoms with E-state index in [2.05, 4.69) is 48.9 Å².